The number of imidazole rings is 1. The predicted octanol–water partition coefficient (Wildman–Crippen LogP) is 2.14. The van der Waals surface area contributed by atoms with E-state index in [0.29, 0.717) is 0 Å². The Morgan fingerprint density at radius 1 is 1.28 bits per heavy atom. The van der Waals surface area contributed by atoms with Crippen molar-refractivity contribution in [1.82, 2.24) is 19.9 Å². The molecule has 0 aliphatic carbocycles. The van der Waals surface area contributed by atoms with Crippen LogP contribution >= 0.6 is 0 Å². The minimum Gasteiger partial charge on any atom is -0.314 e. The Balaban J connectivity index is 2.12. The molecule has 2 heterocycles. The number of pyridine rings is 1. The van der Waals surface area contributed by atoms with Crippen LogP contribution in [-0.4, -0.2) is 21.6 Å². The summed E-state index contributed by atoms with van der Waals surface area (Å²) < 4.78 is 2.04. The number of aromatic nitrogens is 3. The van der Waals surface area contributed by atoms with Crippen molar-refractivity contribution in [3.8, 4) is 5.69 Å². The van der Waals surface area contributed by atoms with Crippen molar-refractivity contribution in [2.45, 2.75) is 6.54 Å². The minimum absolute atomic E-state index is 0.774. The van der Waals surface area contributed by atoms with E-state index in [9.17, 15) is 0 Å². The summed E-state index contributed by atoms with van der Waals surface area (Å²) in [7, 11) is 1.92. The third kappa shape index (κ3) is 1.87. The molecule has 0 spiro atoms. The smallest absolute Gasteiger partial charge is 0.0995 e. The summed E-state index contributed by atoms with van der Waals surface area (Å²) in [5, 5.41) is 5.42. The normalized spacial score (nSPS) is 10.9. The highest BCUT2D eigenvalue weighted by molar-refractivity contribution is 5.89. The molecular formula is C14H14N4. The monoisotopic (exact) mass is 238 g/mol. The van der Waals surface area contributed by atoms with Crippen LogP contribution in [-0.2, 0) is 6.54 Å². The Labute approximate surface area is 105 Å². The number of rotatable bonds is 3. The second kappa shape index (κ2) is 4.58. The Bertz CT molecular complexity index is 667. The van der Waals surface area contributed by atoms with Crippen LogP contribution in [0.1, 0.15) is 5.69 Å². The van der Waals surface area contributed by atoms with Gasteiger partial charge in [-0.05, 0) is 24.6 Å². The van der Waals surface area contributed by atoms with E-state index < -0.39 is 0 Å². The van der Waals surface area contributed by atoms with E-state index in [0.717, 1.165) is 23.3 Å². The van der Waals surface area contributed by atoms with Gasteiger partial charge in [-0.1, -0.05) is 12.1 Å². The van der Waals surface area contributed by atoms with Gasteiger partial charge in [-0.2, -0.15) is 0 Å². The zero-order valence-corrected chi connectivity index (χ0v) is 10.2. The Morgan fingerprint density at radius 3 is 3.11 bits per heavy atom. The van der Waals surface area contributed by atoms with Gasteiger partial charge in [0.15, 0.2) is 0 Å². The first-order chi connectivity index (χ1) is 8.88. The molecule has 0 amide bonds. The summed E-state index contributed by atoms with van der Waals surface area (Å²) in [6.45, 7) is 0.774. The zero-order chi connectivity index (χ0) is 12.4. The topological polar surface area (TPSA) is 42.7 Å². The second-order valence-corrected chi connectivity index (χ2v) is 4.18. The second-order valence-electron chi connectivity index (χ2n) is 4.18. The van der Waals surface area contributed by atoms with Crippen molar-refractivity contribution < 1.29 is 0 Å². The molecule has 0 aliphatic heterocycles. The fourth-order valence-electron chi connectivity index (χ4n) is 2.09. The van der Waals surface area contributed by atoms with Crippen LogP contribution in [0.2, 0.25) is 0 Å². The fraction of sp³-hybridized carbons (Fsp3) is 0.143. The molecule has 3 rings (SSSR count). The van der Waals surface area contributed by atoms with Gasteiger partial charge in [-0.3, -0.25) is 4.98 Å². The van der Waals surface area contributed by atoms with Crippen molar-refractivity contribution >= 4 is 10.8 Å². The average molecular weight is 238 g/mol. The summed E-state index contributed by atoms with van der Waals surface area (Å²) in [6, 6.07) is 8.24. The van der Waals surface area contributed by atoms with Gasteiger partial charge in [0.2, 0.25) is 0 Å². The summed E-state index contributed by atoms with van der Waals surface area (Å²) in [5.41, 5.74) is 2.13. The largest absolute Gasteiger partial charge is 0.314 e. The van der Waals surface area contributed by atoms with Gasteiger partial charge >= 0.3 is 0 Å². The highest BCUT2D eigenvalue weighted by Crippen LogP contribution is 2.21. The molecule has 4 nitrogen and oxygen atoms in total. The predicted molar refractivity (Wildman–Crippen MR) is 71.6 cm³/mol. The molecule has 4 heteroatoms. The molecule has 1 N–H and O–H groups in total. The van der Waals surface area contributed by atoms with Crippen LogP contribution in [0.25, 0.3) is 16.5 Å². The quantitative estimate of drug-likeness (QED) is 0.760. The highest BCUT2D eigenvalue weighted by Gasteiger charge is 2.04. The molecule has 90 valence electrons. The van der Waals surface area contributed by atoms with Gasteiger partial charge in [0.1, 0.15) is 0 Å². The Hall–Kier alpha value is -2.20. The molecule has 0 saturated carbocycles. The number of fused-ring (bicyclic) bond motifs is 1. The maximum Gasteiger partial charge on any atom is 0.0995 e. The summed E-state index contributed by atoms with van der Waals surface area (Å²) >= 11 is 0. The molecule has 0 saturated heterocycles. The SMILES string of the molecule is CNCc1cn(-c2cccc3ccncc23)cn1. The Morgan fingerprint density at radius 2 is 2.22 bits per heavy atom. The van der Waals surface area contributed by atoms with E-state index in [1.165, 1.54) is 5.39 Å². The third-order valence-corrected chi connectivity index (χ3v) is 2.93. The van der Waals surface area contributed by atoms with E-state index in [1.54, 1.807) is 0 Å². The van der Waals surface area contributed by atoms with Crippen molar-refractivity contribution in [3.05, 3.63) is 54.9 Å². The van der Waals surface area contributed by atoms with E-state index in [1.807, 2.05) is 42.6 Å². The summed E-state index contributed by atoms with van der Waals surface area (Å²) in [6.07, 6.45) is 7.58. The van der Waals surface area contributed by atoms with Crippen LogP contribution in [0.5, 0.6) is 0 Å². The molecule has 1 aromatic carbocycles. The third-order valence-electron chi connectivity index (χ3n) is 2.93. The lowest BCUT2D eigenvalue weighted by molar-refractivity contribution is 0.796. The minimum atomic E-state index is 0.774. The molecular weight excluding hydrogens is 224 g/mol. The van der Waals surface area contributed by atoms with Gasteiger partial charge in [0.25, 0.3) is 0 Å². The van der Waals surface area contributed by atoms with E-state index in [-0.39, 0.29) is 0 Å². The van der Waals surface area contributed by atoms with Crippen LogP contribution < -0.4 is 5.32 Å². The van der Waals surface area contributed by atoms with Crippen LogP contribution in [0.3, 0.4) is 0 Å². The first kappa shape index (κ1) is 10.9. The maximum atomic E-state index is 4.37. The lowest BCUT2D eigenvalue weighted by atomic mass is 10.1. The van der Waals surface area contributed by atoms with E-state index in [2.05, 4.69) is 33.5 Å². The van der Waals surface area contributed by atoms with Crippen LogP contribution in [0.15, 0.2) is 49.2 Å². The highest BCUT2D eigenvalue weighted by atomic mass is 15.0. The van der Waals surface area contributed by atoms with Crippen molar-refractivity contribution in [2.24, 2.45) is 0 Å². The van der Waals surface area contributed by atoms with Crippen molar-refractivity contribution in [2.75, 3.05) is 7.05 Å². The number of hydrogen-bond donors (Lipinski definition) is 1. The molecule has 0 aliphatic rings. The number of benzene rings is 1. The lowest BCUT2D eigenvalue weighted by Gasteiger charge is -2.06. The van der Waals surface area contributed by atoms with Gasteiger partial charge in [-0.25, -0.2) is 4.98 Å². The Kier molecular flexibility index (Phi) is 2.78. The maximum absolute atomic E-state index is 4.37. The number of nitrogens with one attached hydrogen (secondary N) is 1. The average Bonchev–Trinajstić information content (AvgIpc) is 2.87. The molecule has 3 aromatic rings. The number of hydrogen-bond acceptors (Lipinski definition) is 3. The van der Waals surface area contributed by atoms with Crippen LogP contribution in [0, 0.1) is 0 Å². The van der Waals surface area contributed by atoms with Gasteiger partial charge < -0.3 is 9.88 Å². The van der Waals surface area contributed by atoms with Crippen LogP contribution in [0.4, 0.5) is 0 Å². The first-order valence-corrected chi connectivity index (χ1v) is 5.89. The number of nitrogens with zero attached hydrogens (tertiary/aromatic N) is 3. The molecule has 0 bridgehead atoms. The molecule has 0 fully saturated rings. The lowest BCUT2D eigenvalue weighted by Crippen LogP contribution is -2.04. The van der Waals surface area contributed by atoms with E-state index >= 15 is 0 Å². The first-order valence-electron chi connectivity index (χ1n) is 5.89. The van der Waals surface area contributed by atoms with Gasteiger partial charge in [-0.15, -0.1) is 0 Å². The van der Waals surface area contributed by atoms with E-state index in [4.69, 9.17) is 0 Å². The van der Waals surface area contributed by atoms with Crippen molar-refractivity contribution in [1.29, 1.82) is 0 Å². The molecule has 18 heavy (non-hydrogen) atoms. The fourth-order valence-corrected chi connectivity index (χ4v) is 2.09. The molecule has 0 atom stereocenters. The molecule has 0 unspecified atom stereocenters. The standard InChI is InChI=1S/C14H14N4/c1-15-7-12-9-18(10-17-12)14-4-2-3-11-5-6-16-8-13(11)14/h2-6,8-10,15H,7H2,1H3. The zero-order valence-electron chi connectivity index (χ0n) is 10.2. The summed E-state index contributed by atoms with van der Waals surface area (Å²) in [4.78, 5) is 8.57. The molecule has 2 aromatic heterocycles. The molecule has 0 radical (unpaired) electrons. The van der Waals surface area contributed by atoms with Gasteiger partial charge in [0, 0.05) is 30.5 Å². The van der Waals surface area contributed by atoms with Crippen molar-refractivity contribution in [3.63, 3.8) is 0 Å². The summed E-state index contributed by atoms with van der Waals surface area (Å²) in [5.74, 6) is 0. The van der Waals surface area contributed by atoms with Gasteiger partial charge in [0.05, 0.1) is 17.7 Å².